The number of hydrogen-bond donors (Lipinski definition) is 0. The highest BCUT2D eigenvalue weighted by molar-refractivity contribution is 7.92. The van der Waals surface area contributed by atoms with Crippen molar-refractivity contribution in [2.24, 2.45) is 0 Å². The Morgan fingerprint density at radius 3 is 2.55 bits per heavy atom. The first-order valence-electron chi connectivity index (χ1n) is 6.33. The average Bonchev–Trinajstić information content (AvgIpc) is 2.45. The molecule has 0 radical (unpaired) electrons. The molecule has 0 spiro atoms. The largest absolute Gasteiger partial charge is 0.383 e. The molecule has 1 aromatic rings. The first-order chi connectivity index (χ1) is 10.2. The smallest absolute Gasteiger partial charge is 0.236 e. The summed E-state index contributed by atoms with van der Waals surface area (Å²) in [6.07, 6.45) is 0. The summed E-state index contributed by atoms with van der Waals surface area (Å²) in [7, 11) is -0.906. The molecule has 0 aliphatic carbocycles. The molecule has 0 saturated heterocycles. The standard InChI is InChI=1S/C14H17Cl2NO4S/c1-10(18)12(11-5-4-6-13(15)14(11)16)9-22(19,20)17(2)7-8-21-3/h4-6,9H,7-8H2,1-3H3. The van der Waals surface area contributed by atoms with Crippen molar-refractivity contribution in [2.75, 3.05) is 27.3 Å². The summed E-state index contributed by atoms with van der Waals surface area (Å²) in [5, 5.41) is 1.29. The van der Waals surface area contributed by atoms with Crippen molar-refractivity contribution in [3.63, 3.8) is 0 Å². The number of sulfonamides is 1. The Balaban J connectivity index is 3.31. The van der Waals surface area contributed by atoms with Gasteiger partial charge in [0.1, 0.15) is 0 Å². The number of methoxy groups -OCH3 is 1. The lowest BCUT2D eigenvalue weighted by Crippen LogP contribution is -2.28. The second kappa shape index (κ2) is 8.08. The molecule has 0 N–H and O–H groups in total. The minimum absolute atomic E-state index is 0.0169. The number of ether oxygens (including phenoxy) is 1. The highest BCUT2D eigenvalue weighted by Gasteiger charge is 2.20. The lowest BCUT2D eigenvalue weighted by molar-refractivity contribution is -0.111. The third-order valence-corrected chi connectivity index (χ3v) is 5.34. The Bertz CT molecular complexity index is 686. The van der Waals surface area contributed by atoms with Gasteiger partial charge in [-0.2, -0.15) is 4.31 Å². The van der Waals surface area contributed by atoms with Crippen molar-refractivity contribution < 1.29 is 17.9 Å². The predicted octanol–water partition coefficient (Wildman–Crippen LogP) is 2.83. The number of carbonyl (C=O) groups excluding carboxylic acids is 1. The molecule has 0 amide bonds. The Morgan fingerprint density at radius 2 is 2.00 bits per heavy atom. The Labute approximate surface area is 140 Å². The Kier molecular flexibility index (Phi) is 7.02. The summed E-state index contributed by atoms with van der Waals surface area (Å²) in [6, 6.07) is 4.71. The van der Waals surface area contributed by atoms with Crippen LogP contribution < -0.4 is 0 Å². The van der Waals surface area contributed by atoms with Crippen molar-refractivity contribution in [1.29, 1.82) is 0 Å². The van der Waals surface area contributed by atoms with Crippen LogP contribution in [0.15, 0.2) is 23.6 Å². The monoisotopic (exact) mass is 365 g/mol. The summed E-state index contributed by atoms with van der Waals surface area (Å²) in [4.78, 5) is 11.8. The molecule has 1 aromatic carbocycles. The molecule has 0 unspecified atom stereocenters. The van der Waals surface area contributed by atoms with E-state index >= 15 is 0 Å². The second-order valence-corrected chi connectivity index (χ2v) is 7.22. The SMILES string of the molecule is COCCN(C)S(=O)(=O)C=C(C(C)=O)c1cccc(Cl)c1Cl. The van der Waals surface area contributed by atoms with E-state index in [0.717, 1.165) is 9.71 Å². The van der Waals surface area contributed by atoms with Gasteiger partial charge >= 0.3 is 0 Å². The summed E-state index contributed by atoms with van der Waals surface area (Å²) in [6.45, 7) is 1.69. The number of ketones is 1. The van der Waals surface area contributed by atoms with Crippen LogP contribution in [0.5, 0.6) is 0 Å². The van der Waals surface area contributed by atoms with Crippen LogP contribution >= 0.6 is 23.2 Å². The van der Waals surface area contributed by atoms with Crippen LogP contribution in [0.2, 0.25) is 10.0 Å². The van der Waals surface area contributed by atoms with E-state index in [9.17, 15) is 13.2 Å². The molecular weight excluding hydrogens is 349 g/mol. The zero-order valence-corrected chi connectivity index (χ0v) is 14.8. The molecule has 1 rings (SSSR count). The van der Waals surface area contributed by atoms with Crippen molar-refractivity contribution in [3.8, 4) is 0 Å². The fourth-order valence-corrected chi connectivity index (χ4v) is 3.14. The number of benzene rings is 1. The second-order valence-electron chi connectivity index (χ2n) is 4.55. The number of rotatable bonds is 7. The first-order valence-corrected chi connectivity index (χ1v) is 8.59. The number of hydrogen-bond acceptors (Lipinski definition) is 4. The first kappa shape index (κ1) is 19.1. The number of nitrogens with zero attached hydrogens (tertiary/aromatic N) is 1. The third kappa shape index (κ3) is 4.79. The molecule has 0 heterocycles. The fourth-order valence-electron chi connectivity index (χ4n) is 1.63. The van der Waals surface area contributed by atoms with Crippen molar-refractivity contribution in [3.05, 3.63) is 39.2 Å². The normalized spacial score (nSPS) is 12.7. The zero-order valence-electron chi connectivity index (χ0n) is 12.5. The minimum atomic E-state index is -3.79. The lowest BCUT2D eigenvalue weighted by atomic mass is 10.0. The van der Waals surface area contributed by atoms with Gasteiger partial charge in [0.2, 0.25) is 10.0 Å². The molecular formula is C14H17Cl2NO4S. The van der Waals surface area contributed by atoms with Gasteiger partial charge in [0.15, 0.2) is 5.78 Å². The molecule has 0 bridgehead atoms. The highest BCUT2D eigenvalue weighted by atomic mass is 35.5. The van der Waals surface area contributed by atoms with Gasteiger partial charge in [-0.3, -0.25) is 4.79 Å². The number of likely N-dealkylation sites (N-methyl/N-ethyl adjacent to an activating group) is 1. The predicted molar refractivity (Wildman–Crippen MR) is 88.5 cm³/mol. The van der Waals surface area contributed by atoms with Gasteiger partial charge in [-0.25, -0.2) is 8.42 Å². The van der Waals surface area contributed by atoms with Crippen LogP contribution in [0.4, 0.5) is 0 Å². The van der Waals surface area contributed by atoms with Crippen molar-refractivity contribution >= 4 is 44.6 Å². The molecule has 0 fully saturated rings. The number of allylic oxidation sites excluding steroid dienone is 1. The van der Waals surface area contributed by atoms with Crippen LogP contribution in [0, 0.1) is 0 Å². The molecule has 0 aliphatic rings. The van der Waals surface area contributed by atoms with Gasteiger partial charge in [0, 0.05) is 31.8 Å². The molecule has 0 aliphatic heterocycles. The average molecular weight is 366 g/mol. The van der Waals surface area contributed by atoms with Gasteiger partial charge < -0.3 is 4.74 Å². The maximum absolute atomic E-state index is 12.3. The maximum atomic E-state index is 12.3. The van der Waals surface area contributed by atoms with Gasteiger partial charge in [-0.15, -0.1) is 0 Å². The van der Waals surface area contributed by atoms with Crippen LogP contribution in [-0.2, 0) is 19.6 Å². The Hall–Kier alpha value is -0.920. The van der Waals surface area contributed by atoms with Crippen LogP contribution in [0.3, 0.4) is 0 Å². The Morgan fingerprint density at radius 1 is 1.36 bits per heavy atom. The summed E-state index contributed by atoms with van der Waals surface area (Å²) in [5.41, 5.74) is 0.266. The van der Waals surface area contributed by atoms with E-state index in [1.54, 1.807) is 18.2 Å². The van der Waals surface area contributed by atoms with Crippen LogP contribution in [0.1, 0.15) is 12.5 Å². The van der Waals surface area contributed by atoms with E-state index in [2.05, 4.69) is 0 Å². The van der Waals surface area contributed by atoms with E-state index in [0.29, 0.717) is 0 Å². The summed E-state index contributed by atoms with van der Waals surface area (Å²) < 4.78 is 30.5. The van der Waals surface area contributed by atoms with E-state index < -0.39 is 15.8 Å². The van der Waals surface area contributed by atoms with Gasteiger partial charge in [0.25, 0.3) is 0 Å². The number of Topliss-reactive ketones (excluding diaryl/α,β-unsaturated/α-hetero) is 1. The zero-order chi connectivity index (χ0) is 16.9. The summed E-state index contributed by atoms with van der Waals surface area (Å²) in [5.74, 6) is -0.423. The third-order valence-electron chi connectivity index (χ3n) is 2.93. The summed E-state index contributed by atoms with van der Waals surface area (Å²) >= 11 is 12.0. The molecule has 0 saturated carbocycles. The molecule has 8 heteroatoms. The molecule has 5 nitrogen and oxygen atoms in total. The fraction of sp³-hybridized carbons (Fsp3) is 0.357. The van der Waals surface area contributed by atoms with E-state index in [4.69, 9.17) is 27.9 Å². The molecule has 22 heavy (non-hydrogen) atoms. The number of carbonyl (C=O) groups is 1. The van der Waals surface area contributed by atoms with Gasteiger partial charge in [-0.1, -0.05) is 35.3 Å². The van der Waals surface area contributed by atoms with Crippen molar-refractivity contribution in [2.45, 2.75) is 6.92 Å². The van der Waals surface area contributed by atoms with E-state index in [1.807, 2.05) is 0 Å². The quantitative estimate of drug-likeness (QED) is 0.696. The van der Waals surface area contributed by atoms with E-state index in [-0.39, 0.29) is 34.3 Å². The van der Waals surface area contributed by atoms with Gasteiger partial charge in [-0.05, 0) is 13.0 Å². The van der Waals surface area contributed by atoms with E-state index in [1.165, 1.54) is 21.1 Å². The maximum Gasteiger partial charge on any atom is 0.236 e. The van der Waals surface area contributed by atoms with Crippen molar-refractivity contribution in [1.82, 2.24) is 4.31 Å². The van der Waals surface area contributed by atoms with Gasteiger partial charge in [0.05, 0.1) is 22.1 Å². The lowest BCUT2D eigenvalue weighted by Gasteiger charge is -2.15. The van der Waals surface area contributed by atoms with Crippen LogP contribution in [-0.4, -0.2) is 45.8 Å². The minimum Gasteiger partial charge on any atom is -0.383 e. The highest BCUT2D eigenvalue weighted by Crippen LogP contribution is 2.31. The molecule has 0 atom stereocenters. The number of halogens is 2. The molecule has 0 aromatic heterocycles. The molecule has 122 valence electrons. The topological polar surface area (TPSA) is 63.7 Å². The van der Waals surface area contributed by atoms with Crippen LogP contribution in [0.25, 0.3) is 5.57 Å².